The number of carbonyl (C=O) groups excluding carboxylic acids is 1. The summed E-state index contributed by atoms with van der Waals surface area (Å²) < 4.78 is 5.81. The molecule has 0 aliphatic rings. The van der Waals surface area contributed by atoms with Gasteiger partial charge < -0.3 is 4.74 Å². The molecule has 0 heterocycles. The number of unbranched alkanes of at least 4 members (excludes halogenated alkanes) is 4. The number of carbonyl (C=O) groups is 1. The summed E-state index contributed by atoms with van der Waals surface area (Å²) in [6.45, 7) is 2.51. The van der Waals surface area contributed by atoms with Gasteiger partial charge >= 0.3 is 5.97 Å². The van der Waals surface area contributed by atoms with Gasteiger partial charge in [0, 0.05) is 15.7 Å². The van der Waals surface area contributed by atoms with Crippen LogP contribution in [0.15, 0.2) is 18.2 Å². The third-order valence-corrected chi connectivity index (χ3v) is 3.80. The number of hydrogen-bond acceptors (Lipinski definition) is 4. The molecule has 0 bridgehead atoms. The molecule has 0 N–H and O–H groups in total. The van der Waals surface area contributed by atoms with Crippen molar-refractivity contribution >= 4 is 34.2 Å². The summed E-state index contributed by atoms with van der Waals surface area (Å²) >= 11 is 1.97. The highest BCUT2D eigenvalue weighted by Gasteiger charge is 2.16. The molecule has 0 atom stereocenters. The highest BCUT2D eigenvalue weighted by Crippen LogP contribution is 2.20. The van der Waals surface area contributed by atoms with Crippen LogP contribution >= 0.6 is 22.6 Å². The van der Waals surface area contributed by atoms with Crippen molar-refractivity contribution in [2.45, 2.75) is 39.0 Å². The quantitative estimate of drug-likeness (QED) is 0.218. The van der Waals surface area contributed by atoms with E-state index in [9.17, 15) is 14.9 Å². The largest absolute Gasteiger partial charge is 0.462 e. The molecule has 0 aliphatic carbocycles. The van der Waals surface area contributed by atoms with Crippen LogP contribution in [0.4, 0.5) is 5.69 Å². The van der Waals surface area contributed by atoms with Crippen molar-refractivity contribution in [3.05, 3.63) is 37.4 Å². The van der Waals surface area contributed by atoms with E-state index in [0.29, 0.717) is 10.2 Å². The molecule has 110 valence electrons. The molecule has 0 saturated carbocycles. The highest BCUT2D eigenvalue weighted by atomic mass is 127. The minimum atomic E-state index is -0.516. The molecule has 20 heavy (non-hydrogen) atoms. The average molecular weight is 391 g/mol. The highest BCUT2D eigenvalue weighted by molar-refractivity contribution is 14.1. The molecule has 1 aromatic rings. The first-order chi connectivity index (χ1) is 9.56. The summed E-state index contributed by atoms with van der Waals surface area (Å²) in [5, 5.41) is 10.7. The second-order valence-corrected chi connectivity index (χ2v) is 5.63. The topological polar surface area (TPSA) is 69.4 Å². The molecule has 0 aromatic heterocycles. The standard InChI is InChI=1S/C14H18INO4/c1-2-3-4-5-6-9-20-14(17)12-10-11(16(18)19)7-8-13(12)15/h7-8,10H,2-6,9H2,1H3. The second-order valence-electron chi connectivity index (χ2n) is 4.47. The van der Waals surface area contributed by atoms with Crippen molar-refractivity contribution in [1.29, 1.82) is 0 Å². The van der Waals surface area contributed by atoms with Gasteiger partial charge in [-0.25, -0.2) is 4.79 Å². The maximum atomic E-state index is 11.9. The summed E-state index contributed by atoms with van der Waals surface area (Å²) in [5.41, 5.74) is 0.161. The zero-order valence-electron chi connectivity index (χ0n) is 11.4. The van der Waals surface area contributed by atoms with Crippen molar-refractivity contribution in [1.82, 2.24) is 0 Å². The van der Waals surface area contributed by atoms with Crippen LogP contribution < -0.4 is 0 Å². The van der Waals surface area contributed by atoms with Crippen molar-refractivity contribution in [2.24, 2.45) is 0 Å². The van der Waals surface area contributed by atoms with Crippen molar-refractivity contribution < 1.29 is 14.5 Å². The fourth-order valence-corrected chi connectivity index (χ4v) is 2.29. The Morgan fingerprint density at radius 1 is 1.30 bits per heavy atom. The van der Waals surface area contributed by atoms with Crippen LogP contribution in [0.5, 0.6) is 0 Å². The molecule has 6 heteroatoms. The van der Waals surface area contributed by atoms with Gasteiger partial charge in [-0.2, -0.15) is 0 Å². The van der Waals surface area contributed by atoms with Gasteiger partial charge in [-0.3, -0.25) is 10.1 Å². The van der Waals surface area contributed by atoms with Gasteiger partial charge in [0.2, 0.25) is 0 Å². The minimum absolute atomic E-state index is 0.0969. The normalized spacial score (nSPS) is 10.3. The molecule has 0 amide bonds. The summed E-state index contributed by atoms with van der Waals surface area (Å²) in [4.78, 5) is 22.1. The first-order valence-corrected chi connectivity index (χ1v) is 7.75. The van der Waals surface area contributed by atoms with Gasteiger partial charge in [0.25, 0.3) is 5.69 Å². The number of hydrogen-bond donors (Lipinski definition) is 0. The minimum Gasteiger partial charge on any atom is -0.462 e. The van der Waals surface area contributed by atoms with Crippen LogP contribution in [0.1, 0.15) is 49.4 Å². The number of nitro groups is 1. The van der Waals surface area contributed by atoms with E-state index in [1.807, 2.05) is 22.6 Å². The maximum absolute atomic E-state index is 11.9. The zero-order chi connectivity index (χ0) is 15.0. The Morgan fingerprint density at radius 2 is 2.00 bits per heavy atom. The third-order valence-electron chi connectivity index (χ3n) is 2.86. The van der Waals surface area contributed by atoms with Gasteiger partial charge in [-0.1, -0.05) is 32.6 Å². The van der Waals surface area contributed by atoms with Crippen LogP contribution in [-0.4, -0.2) is 17.5 Å². The molecule has 0 saturated heterocycles. The first kappa shape index (κ1) is 16.9. The number of non-ortho nitro benzene ring substituents is 1. The second kappa shape index (κ2) is 8.89. The van der Waals surface area contributed by atoms with Crippen LogP contribution in [0.3, 0.4) is 0 Å². The number of esters is 1. The molecular weight excluding hydrogens is 373 g/mol. The smallest absolute Gasteiger partial charge is 0.339 e. The number of nitrogens with zero attached hydrogens (tertiary/aromatic N) is 1. The van der Waals surface area contributed by atoms with E-state index in [-0.39, 0.29) is 11.3 Å². The van der Waals surface area contributed by atoms with Crippen LogP contribution in [0.25, 0.3) is 0 Å². The summed E-state index contributed by atoms with van der Waals surface area (Å²) in [5.74, 6) is -0.492. The molecule has 1 aromatic carbocycles. The van der Waals surface area contributed by atoms with Crippen molar-refractivity contribution in [3.8, 4) is 0 Å². The van der Waals surface area contributed by atoms with E-state index in [2.05, 4.69) is 6.92 Å². The van der Waals surface area contributed by atoms with Gasteiger partial charge in [0.05, 0.1) is 17.1 Å². The SMILES string of the molecule is CCCCCCCOC(=O)c1cc([N+](=O)[O-])ccc1I. The van der Waals surface area contributed by atoms with Gasteiger partial charge in [-0.05, 0) is 35.1 Å². The summed E-state index contributed by atoms with van der Waals surface area (Å²) in [6.07, 6.45) is 5.37. The third kappa shape index (κ3) is 5.44. The molecule has 1 rings (SSSR count). The van der Waals surface area contributed by atoms with E-state index in [0.717, 1.165) is 19.3 Å². The lowest BCUT2D eigenvalue weighted by Gasteiger charge is -2.06. The van der Waals surface area contributed by atoms with E-state index >= 15 is 0 Å². The number of rotatable bonds is 8. The Labute approximate surface area is 132 Å². The van der Waals surface area contributed by atoms with Gasteiger partial charge in [-0.15, -0.1) is 0 Å². The molecule has 0 radical (unpaired) electrons. The lowest BCUT2D eigenvalue weighted by Crippen LogP contribution is -2.09. The van der Waals surface area contributed by atoms with E-state index < -0.39 is 10.9 Å². The molecule has 0 fully saturated rings. The Hall–Kier alpha value is -1.18. The molecule has 5 nitrogen and oxygen atoms in total. The van der Waals surface area contributed by atoms with E-state index in [1.54, 1.807) is 6.07 Å². The van der Waals surface area contributed by atoms with E-state index in [4.69, 9.17) is 4.74 Å². The van der Waals surface area contributed by atoms with Crippen LogP contribution in [0.2, 0.25) is 0 Å². The monoisotopic (exact) mass is 391 g/mol. The lowest BCUT2D eigenvalue weighted by atomic mass is 10.2. The zero-order valence-corrected chi connectivity index (χ0v) is 13.6. The number of ether oxygens (including phenoxy) is 1. The van der Waals surface area contributed by atoms with Gasteiger partial charge in [0.1, 0.15) is 0 Å². The Balaban J connectivity index is 2.50. The first-order valence-electron chi connectivity index (χ1n) is 6.67. The average Bonchev–Trinajstić information content (AvgIpc) is 2.42. The fourth-order valence-electron chi connectivity index (χ4n) is 1.73. The molecular formula is C14H18INO4. The number of benzene rings is 1. The summed E-state index contributed by atoms with van der Waals surface area (Å²) in [7, 11) is 0. The lowest BCUT2D eigenvalue weighted by molar-refractivity contribution is -0.384. The van der Waals surface area contributed by atoms with Crippen molar-refractivity contribution in [2.75, 3.05) is 6.61 Å². The maximum Gasteiger partial charge on any atom is 0.339 e. The number of halogens is 1. The Kier molecular flexibility index (Phi) is 7.50. The Bertz CT molecular complexity index is 476. The van der Waals surface area contributed by atoms with Crippen LogP contribution in [0, 0.1) is 13.7 Å². The fraction of sp³-hybridized carbons (Fsp3) is 0.500. The Morgan fingerprint density at radius 3 is 2.65 bits per heavy atom. The van der Waals surface area contributed by atoms with E-state index in [1.165, 1.54) is 25.0 Å². The number of nitro benzene ring substituents is 1. The predicted octanol–water partition coefficient (Wildman–Crippen LogP) is 4.33. The van der Waals surface area contributed by atoms with Crippen LogP contribution in [-0.2, 0) is 4.74 Å². The predicted molar refractivity (Wildman–Crippen MR) is 84.9 cm³/mol. The van der Waals surface area contributed by atoms with Gasteiger partial charge in [0.15, 0.2) is 0 Å². The molecule has 0 unspecified atom stereocenters. The summed E-state index contributed by atoms with van der Waals surface area (Å²) in [6, 6.07) is 4.20. The molecule has 0 spiro atoms. The molecule has 0 aliphatic heterocycles. The van der Waals surface area contributed by atoms with Crippen molar-refractivity contribution in [3.63, 3.8) is 0 Å².